The summed E-state index contributed by atoms with van der Waals surface area (Å²) in [6.07, 6.45) is 15.5. The zero-order valence-electron chi connectivity index (χ0n) is 12.3. The molecule has 0 atom stereocenters. The standard InChI is InChI=1S/C15H32OSi/c1-4-5-6-7-8-9-10-11-12-13-14-15(2,3)16-17/h4H,1,5-14H2,2-3,17H3. The fourth-order valence-electron chi connectivity index (χ4n) is 2.00. The molecule has 0 radical (unpaired) electrons. The van der Waals surface area contributed by atoms with Crippen LogP contribution in [0.4, 0.5) is 0 Å². The predicted octanol–water partition coefficient (Wildman–Crippen LogP) is 4.15. The molecule has 102 valence electrons. The molecule has 2 heteroatoms. The van der Waals surface area contributed by atoms with Gasteiger partial charge in [0.25, 0.3) is 0 Å². The van der Waals surface area contributed by atoms with Crippen molar-refractivity contribution in [2.24, 2.45) is 0 Å². The number of rotatable bonds is 12. The van der Waals surface area contributed by atoms with Crippen LogP contribution in [0.5, 0.6) is 0 Å². The van der Waals surface area contributed by atoms with Crippen LogP contribution in [0, 0.1) is 0 Å². The van der Waals surface area contributed by atoms with Gasteiger partial charge in [-0.2, -0.15) is 0 Å². The topological polar surface area (TPSA) is 9.23 Å². The van der Waals surface area contributed by atoms with Crippen LogP contribution in [0.3, 0.4) is 0 Å². The molecule has 0 aromatic carbocycles. The number of allylic oxidation sites excluding steroid dienone is 1. The molecular weight excluding hydrogens is 224 g/mol. The van der Waals surface area contributed by atoms with Crippen molar-refractivity contribution in [3.63, 3.8) is 0 Å². The van der Waals surface area contributed by atoms with E-state index in [-0.39, 0.29) is 5.60 Å². The molecule has 0 amide bonds. The van der Waals surface area contributed by atoms with E-state index in [2.05, 4.69) is 20.4 Å². The van der Waals surface area contributed by atoms with Gasteiger partial charge in [-0.05, 0) is 33.1 Å². The summed E-state index contributed by atoms with van der Waals surface area (Å²) in [4.78, 5) is 0. The molecule has 17 heavy (non-hydrogen) atoms. The van der Waals surface area contributed by atoms with Crippen LogP contribution in [0.25, 0.3) is 0 Å². The maximum Gasteiger partial charge on any atom is 0.146 e. The zero-order valence-corrected chi connectivity index (χ0v) is 14.3. The Morgan fingerprint density at radius 3 is 1.88 bits per heavy atom. The van der Waals surface area contributed by atoms with Crippen LogP contribution in [-0.2, 0) is 4.43 Å². The quantitative estimate of drug-likeness (QED) is 0.289. The Labute approximate surface area is 112 Å². The van der Waals surface area contributed by atoms with Crippen molar-refractivity contribution in [2.45, 2.75) is 83.7 Å². The maximum atomic E-state index is 5.55. The number of hydrogen-bond donors (Lipinski definition) is 0. The Bertz CT molecular complexity index is 178. The predicted molar refractivity (Wildman–Crippen MR) is 81.5 cm³/mol. The van der Waals surface area contributed by atoms with Crippen molar-refractivity contribution in [1.82, 2.24) is 0 Å². The van der Waals surface area contributed by atoms with Gasteiger partial charge in [0.05, 0.1) is 0 Å². The minimum Gasteiger partial charge on any atom is -0.423 e. The van der Waals surface area contributed by atoms with E-state index in [1.54, 1.807) is 0 Å². The van der Waals surface area contributed by atoms with E-state index in [1.165, 1.54) is 64.2 Å². The molecule has 1 nitrogen and oxygen atoms in total. The molecular formula is C15H32OSi. The average molecular weight is 257 g/mol. The lowest BCUT2D eigenvalue weighted by atomic mass is 9.99. The Hall–Kier alpha value is -0.0831. The van der Waals surface area contributed by atoms with E-state index in [0.29, 0.717) is 0 Å². The molecule has 0 aliphatic rings. The first kappa shape index (κ1) is 16.9. The van der Waals surface area contributed by atoms with Crippen LogP contribution in [0.1, 0.15) is 78.1 Å². The highest BCUT2D eigenvalue weighted by atomic mass is 28.2. The van der Waals surface area contributed by atoms with Gasteiger partial charge in [0, 0.05) is 5.60 Å². The molecule has 0 spiro atoms. The van der Waals surface area contributed by atoms with Crippen molar-refractivity contribution in [1.29, 1.82) is 0 Å². The highest BCUT2D eigenvalue weighted by molar-refractivity contribution is 5.98. The molecule has 0 unspecified atom stereocenters. The smallest absolute Gasteiger partial charge is 0.146 e. The molecule has 0 rings (SSSR count). The Morgan fingerprint density at radius 2 is 1.41 bits per heavy atom. The lowest BCUT2D eigenvalue weighted by Gasteiger charge is -2.23. The van der Waals surface area contributed by atoms with Crippen LogP contribution < -0.4 is 0 Å². The van der Waals surface area contributed by atoms with Crippen molar-refractivity contribution >= 4 is 10.5 Å². The van der Waals surface area contributed by atoms with Gasteiger partial charge in [0.15, 0.2) is 0 Å². The molecule has 0 aromatic heterocycles. The first-order chi connectivity index (χ1) is 8.12. The highest BCUT2D eigenvalue weighted by Crippen LogP contribution is 2.18. The molecule has 0 bridgehead atoms. The third-order valence-corrected chi connectivity index (χ3v) is 4.59. The van der Waals surface area contributed by atoms with Crippen molar-refractivity contribution in [3.05, 3.63) is 12.7 Å². The van der Waals surface area contributed by atoms with E-state index in [1.807, 2.05) is 6.08 Å². The fraction of sp³-hybridized carbons (Fsp3) is 0.867. The average Bonchev–Trinajstić information content (AvgIpc) is 2.31. The zero-order chi connectivity index (χ0) is 13.0. The first-order valence-corrected chi connectivity index (χ1v) is 8.10. The summed E-state index contributed by atoms with van der Waals surface area (Å²) in [6.45, 7) is 8.16. The van der Waals surface area contributed by atoms with Gasteiger partial charge in [-0.1, -0.05) is 51.0 Å². The van der Waals surface area contributed by atoms with Crippen LogP contribution in [0.2, 0.25) is 0 Å². The minimum atomic E-state index is 0.136. The second-order valence-electron chi connectivity index (χ2n) is 5.62. The van der Waals surface area contributed by atoms with E-state index in [4.69, 9.17) is 4.43 Å². The first-order valence-electron chi connectivity index (χ1n) is 7.28. The fourth-order valence-corrected chi connectivity index (χ4v) is 2.21. The molecule has 0 fully saturated rings. The van der Waals surface area contributed by atoms with Gasteiger partial charge in [-0.15, -0.1) is 6.58 Å². The SMILES string of the molecule is C=CCCCCCCCCCCC(C)(C)O[SiH3]. The molecule has 0 N–H and O–H groups in total. The van der Waals surface area contributed by atoms with E-state index in [9.17, 15) is 0 Å². The Balaban J connectivity index is 3.11. The third-order valence-electron chi connectivity index (χ3n) is 3.49. The van der Waals surface area contributed by atoms with Gasteiger partial charge < -0.3 is 4.43 Å². The van der Waals surface area contributed by atoms with Gasteiger partial charge in [-0.25, -0.2) is 0 Å². The second-order valence-corrected chi connectivity index (χ2v) is 6.03. The van der Waals surface area contributed by atoms with Crippen LogP contribution >= 0.6 is 0 Å². The molecule has 0 aliphatic carbocycles. The molecule has 0 heterocycles. The lowest BCUT2D eigenvalue weighted by molar-refractivity contribution is 0.109. The third kappa shape index (κ3) is 12.2. The normalized spacial score (nSPS) is 11.9. The largest absolute Gasteiger partial charge is 0.423 e. The van der Waals surface area contributed by atoms with Crippen molar-refractivity contribution < 1.29 is 4.43 Å². The van der Waals surface area contributed by atoms with Gasteiger partial charge in [-0.3, -0.25) is 0 Å². The Kier molecular flexibility index (Phi) is 11.0. The highest BCUT2D eigenvalue weighted by Gasteiger charge is 2.13. The van der Waals surface area contributed by atoms with E-state index >= 15 is 0 Å². The number of unbranched alkanes of at least 4 members (excludes halogenated alkanes) is 8. The monoisotopic (exact) mass is 256 g/mol. The summed E-state index contributed by atoms with van der Waals surface area (Å²) in [7, 11) is 0.861. The maximum absolute atomic E-state index is 5.55. The van der Waals surface area contributed by atoms with E-state index in [0.717, 1.165) is 10.5 Å². The van der Waals surface area contributed by atoms with Crippen molar-refractivity contribution in [2.75, 3.05) is 0 Å². The van der Waals surface area contributed by atoms with Gasteiger partial charge in [0.2, 0.25) is 0 Å². The lowest BCUT2D eigenvalue weighted by Crippen LogP contribution is -2.22. The molecule has 0 saturated heterocycles. The second kappa shape index (κ2) is 11.0. The number of hydrogen-bond acceptors (Lipinski definition) is 1. The summed E-state index contributed by atoms with van der Waals surface area (Å²) in [5.74, 6) is 0. The summed E-state index contributed by atoms with van der Waals surface area (Å²) in [5.41, 5.74) is 0.136. The summed E-state index contributed by atoms with van der Waals surface area (Å²) >= 11 is 0. The Morgan fingerprint density at radius 1 is 0.941 bits per heavy atom. The molecule has 0 aliphatic heterocycles. The minimum absolute atomic E-state index is 0.136. The van der Waals surface area contributed by atoms with Crippen LogP contribution in [0.15, 0.2) is 12.7 Å². The summed E-state index contributed by atoms with van der Waals surface area (Å²) in [5, 5.41) is 0. The summed E-state index contributed by atoms with van der Waals surface area (Å²) < 4.78 is 5.55. The van der Waals surface area contributed by atoms with Gasteiger partial charge >= 0.3 is 0 Å². The molecule has 0 saturated carbocycles. The van der Waals surface area contributed by atoms with Crippen LogP contribution in [-0.4, -0.2) is 16.1 Å². The van der Waals surface area contributed by atoms with Crippen molar-refractivity contribution in [3.8, 4) is 0 Å². The van der Waals surface area contributed by atoms with E-state index < -0.39 is 0 Å². The summed E-state index contributed by atoms with van der Waals surface area (Å²) in [6, 6.07) is 0. The molecule has 0 aromatic rings. The van der Waals surface area contributed by atoms with Gasteiger partial charge in [0.1, 0.15) is 10.5 Å².